The summed E-state index contributed by atoms with van der Waals surface area (Å²) < 4.78 is 0. The quantitative estimate of drug-likeness (QED) is 0.743. The molecule has 1 unspecified atom stereocenters. The van der Waals surface area contributed by atoms with E-state index in [0.29, 0.717) is 5.92 Å². The van der Waals surface area contributed by atoms with Gasteiger partial charge in [-0.05, 0) is 56.0 Å². The summed E-state index contributed by atoms with van der Waals surface area (Å²) in [5.41, 5.74) is 2.30. The molecule has 3 aromatic rings. The minimum atomic E-state index is 0.167. The SMILES string of the molecule is CC(C)(C)NCC1CCN(c2nccc(-c3ccc4ccccc4c3)n2)C1. The van der Waals surface area contributed by atoms with Crippen LogP contribution in [0.15, 0.2) is 54.7 Å². The molecule has 0 aliphatic carbocycles. The number of rotatable bonds is 4. The predicted molar refractivity (Wildman–Crippen MR) is 113 cm³/mol. The molecule has 1 aromatic heterocycles. The Morgan fingerprint density at radius 2 is 1.89 bits per heavy atom. The van der Waals surface area contributed by atoms with Crippen molar-refractivity contribution in [2.24, 2.45) is 5.92 Å². The van der Waals surface area contributed by atoms with Gasteiger partial charge in [0.15, 0.2) is 0 Å². The van der Waals surface area contributed by atoms with Gasteiger partial charge < -0.3 is 10.2 Å². The minimum absolute atomic E-state index is 0.167. The molecule has 0 bridgehead atoms. The van der Waals surface area contributed by atoms with Gasteiger partial charge >= 0.3 is 0 Å². The van der Waals surface area contributed by atoms with Gasteiger partial charge in [-0.3, -0.25) is 0 Å². The van der Waals surface area contributed by atoms with Crippen LogP contribution in [0.5, 0.6) is 0 Å². The van der Waals surface area contributed by atoms with Crippen molar-refractivity contribution in [2.75, 3.05) is 24.5 Å². The lowest BCUT2D eigenvalue weighted by atomic mass is 10.1. The average molecular weight is 361 g/mol. The van der Waals surface area contributed by atoms with Gasteiger partial charge in [-0.25, -0.2) is 9.97 Å². The highest BCUT2D eigenvalue weighted by atomic mass is 15.3. The van der Waals surface area contributed by atoms with Crippen molar-refractivity contribution in [2.45, 2.75) is 32.7 Å². The summed E-state index contributed by atoms with van der Waals surface area (Å²) in [6.07, 6.45) is 3.07. The highest BCUT2D eigenvalue weighted by Crippen LogP contribution is 2.26. The topological polar surface area (TPSA) is 41.0 Å². The Bertz CT molecular complexity index is 929. The Labute approximate surface area is 161 Å². The van der Waals surface area contributed by atoms with Crippen LogP contribution in [0.4, 0.5) is 5.95 Å². The van der Waals surface area contributed by atoms with Crippen molar-refractivity contribution in [1.29, 1.82) is 0 Å². The lowest BCUT2D eigenvalue weighted by Crippen LogP contribution is -2.39. The molecule has 0 saturated carbocycles. The van der Waals surface area contributed by atoms with Crippen LogP contribution in [0.1, 0.15) is 27.2 Å². The van der Waals surface area contributed by atoms with Gasteiger partial charge in [-0.15, -0.1) is 0 Å². The van der Waals surface area contributed by atoms with Crippen molar-refractivity contribution < 1.29 is 0 Å². The summed E-state index contributed by atoms with van der Waals surface area (Å²) in [7, 11) is 0. The largest absolute Gasteiger partial charge is 0.340 e. The van der Waals surface area contributed by atoms with Gasteiger partial charge in [-0.2, -0.15) is 0 Å². The van der Waals surface area contributed by atoms with Crippen molar-refractivity contribution in [3.63, 3.8) is 0 Å². The first-order valence-electron chi connectivity index (χ1n) is 9.80. The maximum absolute atomic E-state index is 4.87. The minimum Gasteiger partial charge on any atom is -0.340 e. The fourth-order valence-corrected chi connectivity index (χ4v) is 3.64. The maximum atomic E-state index is 4.87. The van der Waals surface area contributed by atoms with E-state index in [1.807, 2.05) is 12.3 Å². The lowest BCUT2D eigenvalue weighted by molar-refractivity contribution is 0.383. The van der Waals surface area contributed by atoms with Crippen molar-refractivity contribution in [3.05, 3.63) is 54.7 Å². The van der Waals surface area contributed by atoms with Crippen LogP contribution in [0.2, 0.25) is 0 Å². The Morgan fingerprint density at radius 1 is 1.07 bits per heavy atom. The number of nitrogens with zero attached hydrogens (tertiary/aromatic N) is 3. The molecule has 2 aromatic carbocycles. The van der Waals surface area contributed by atoms with E-state index in [0.717, 1.165) is 36.8 Å². The Kier molecular flexibility index (Phi) is 4.83. The number of hydrogen-bond donors (Lipinski definition) is 1. The van der Waals surface area contributed by atoms with E-state index in [9.17, 15) is 0 Å². The molecule has 1 aliphatic rings. The first-order chi connectivity index (χ1) is 13.0. The first-order valence-corrected chi connectivity index (χ1v) is 9.80. The number of fused-ring (bicyclic) bond motifs is 1. The van der Waals surface area contributed by atoms with Gasteiger partial charge in [0.25, 0.3) is 0 Å². The smallest absolute Gasteiger partial charge is 0.225 e. The number of hydrogen-bond acceptors (Lipinski definition) is 4. The molecule has 27 heavy (non-hydrogen) atoms. The van der Waals surface area contributed by atoms with Crippen LogP contribution in [-0.2, 0) is 0 Å². The third-order valence-electron chi connectivity index (χ3n) is 5.18. The number of nitrogens with one attached hydrogen (secondary N) is 1. The molecule has 4 heteroatoms. The van der Waals surface area contributed by atoms with Crippen LogP contribution in [0, 0.1) is 5.92 Å². The van der Waals surface area contributed by atoms with Crippen molar-refractivity contribution in [3.8, 4) is 11.3 Å². The summed E-state index contributed by atoms with van der Waals surface area (Å²) in [6.45, 7) is 9.74. The highest BCUT2D eigenvalue weighted by molar-refractivity contribution is 5.86. The summed E-state index contributed by atoms with van der Waals surface area (Å²) in [5, 5.41) is 6.12. The van der Waals surface area contributed by atoms with Crippen LogP contribution < -0.4 is 10.2 Å². The number of aromatic nitrogens is 2. The van der Waals surface area contributed by atoms with Gasteiger partial charge in [0.1, 0.15) is 0 Å². The van der Waals surface area contributed by atoms with Crippen LogP contribution in [-0.4, -0.2) is 35.1 Å². The lowest BCUT2D eigenvalue weighted by Gasteiger charge is -2.23. The zero-order chi connectivity index (χ0) is 18.9. The van der Waals surface area contributed by atoms with E-state index in [-0.39, 0.29) is 5.54 Å². The van der Waals surface area contributed by atoms with E-state index in [4.69, 9.17) is 4.98 Å². The maximum Gasteiger partial charge on any atom is 0.225 e. The zero-order valence-corrected chi connectivity index (χ0v) is 16.4. The molecule has 4 rings (SSSR count). The van der Waals surface area contributed by atoms with Crippen LogP contribution in [0.3, 0.4) is 0 Å². The van der Waals surface area contributed by atoms with Gasteiger partial charge in [0, 0.05) is 36.9 Å². The summed E-state index contributed by atoms with van der Waals surface area (Å²) >= 11 is 0. The van der Waals surface area contributed by atoms with E-state index in [1.54, 1.807) is 0 Å². The first kappa shape index (κ1) is 17.9. The molecule has 1 atom stereocenters. The van der Waals surface area contributed by atoms with Crippen LogP contribution >= 0.6 is 0 Å². The standard InChI is InChI=1S/C23H28N4/c1-23(2,3)25-15-17-11-13-27(16-17)22-24-12-10-21(26-22)20-9-8-18-6-4-5-7-19(18)14-20/h4-10,12,14,17,25H,11,13,15-16H2,1-3H3. The second-order valence-corrected chi connectivity index (χ2v) is 8.54. The van der Waals surface area contributed by atoms with Gasteiger partial charge in [0.2, 0.25) is 5.95 Å². The Balaban J connectivity index is 1.51. The monoisotopic (exact) mass is 360 g/mol. The van der Waals surface area contributed by atoms with E-state index in [1.165, 1.54) is 17.2 Å². The fourth-order valence-electron chi connectivity index (χ4n) is 3.64. The molecule has 1 fully saturated rings. The molecule has 0 amide bonds. The van der Waals surface area contributed by atoms with Crippen molar-refractivity contribution >= 4 is 16.7 Å². The highest BCUT2D eigenvalue weighted by Gasteiger charge is 2.25. The van der Waals surface area contributed by atoms with E-state index >= 15 is 0 Å². The van der Waals surface area contributed by atoms with Crippen molar-refractivity contribution in [1.82, 2.24) is 15.3 Å². The second kappa shape index (κ2) is 7.28. The molecule has 140 valence electrons. The number of benzene rings is 2. The average Bonchev–Trinajstić information content (AvgIpc) is 3.15. The fraction of sp³-hybridized carbons (Fsp3) is 0.391. The molecule has 1 N–H and O–H groups in total. The van der Waals surface area contributed by atoms with Crippen LogP contribution in [0.25, 0.3) is 22.0 Å². The van der Waals surface area contributed by atoms with E-state index in [2.05, 4.69) is 78.4 Å². The Hall–Kier alpha value is -2.46. The third-order valence-corrected chi connectivity index (χ3v) is 5.18. The third kappa shape index (κ3) is 4.28. The normalized spacial score (nSPS) is 17.6. The molecule has 2 heterocycles. The zero-order valence-electron chi connectivity index (χ0n) is 16.4. The summed E-state index contributed by atoms with van der Waals surface area (Å²) in [4.78, 5) is 11.7. The van der Waals surface area contributed by atoms with Gasteiger partial charge in [-0.1, -0.05) is 36.4 Å². The second-order valence-electron chi connectivity index (χ2n) is 8.54. The molecular formula is C23H28N4. The molecule has 0 spiro atoms. The molecule has 1 saturated heterocycles. The van der Waals surface area contributed by atoms with E-state index < -0.39 is 0 Å². The van der Waals surface area contributed by atoms with Gasteiger partial charge in [0.05, 0.1) is 5.69 Å². The summed E-state index contributed by atoms with van der Waals surface area (Å²) in [5.74, 6) is 1.50. The summed E-state index contributed by atoms with van der Waals surface area (Å²) in [6, 6.07) is 17.0. The molecular weight excluding hydrogens is 332 g/mol. The molecule has 1 aliphatic heterocycles. The molecule has 4 nitrogen and oxygen atoms in total. The predicted octanol–water partition coefficient (Wildman–Crippen LogP) is 4.51. The number of anilines is 1. The molecule has 0 radical (unpaired) electrons. The Morgan fingerprint density at radius 3 is 2.70 bits per heavy atom.